The van der Waals surface area contributed by atoms with E-state index in [-0.39, 0.29) is 18.4 Å². The van der Waals surface area contributed by atoms with Gasteiger partial charge in [0.2, 0.25) is 0 Å². The van der Waals surface area contributed by atoms with Gasteiger partial charge in [0.1, 0.15) is 0 Å². The molecule has 0 amide bonds. The molecule has 0 fully saturated rings. The lowest BCUT2D eigenvalue weighted by molar-refractivity contribution is -0.00603. The average molecular weight is 238 g/mol. The summed E-state index contributed by atoms with van der Waals surface area (Å²) in [6, 6.07) is 6.31. The van der Waals surface area contributed by atoms with Crippen molar-refractivity contribution in [2.45, 2.75) is 25.2 Å². The van der Waals surface area contributed by atoms with Crippen LogP contribution in [0.25, 0.3) is 5.57 Å². The lowest BCUT2D eigenvalue weighted by Gasteiger charge is -2.21. The van der Waals surface area contributed by atoms with E-state index in [0.29, 0.717) is 6.42 Å². The zero-order valence-electron chi connectivity index (χ0n) is 9.12. The van der Waals surface area contributed by atoms with Gasteiger partial charge in [-0.1, -0.05) is 18.2 Å². The Morgan fingerprint density at radius 3 is 2.35 bits per heavy atom. The molecule has 0 aliphatic heterocycles. The summed E-state index contributed by atoms with van der Waals surface area (Å²) in [5.41, 5.74) is 1.90. The maximum atomic E-state index is 12.9. The van der Waals surface area contributed by atoms with E-state index in [4.69, 9.17) is 5.11 Å². The number of alkyl halides is 2. The van der Waals surface area contributed by atoms with E-state index < -0.39 is 11.9 Å². The molecule has 1 aliphatic carbocycles. The van der Waals surface area contributed by atoms with Crippen molar-refractivity contribution in [2.75, 3.05) is 0 Å². The molecule has 0 unspecified atom stereocenters. The number of rotatable bonds is 2. The van der Waals surface area contributed by atoms with Crippen molar-refractivity contribution in [1.29, 1.82) is 0 Å². The second-order valence-electron chi connectivity index (χ2n) is 4.17. The molecule has 1 N–H and O–H groups in total. The molecule has 0 bridgehead atoms. The minimum absolute atomic E-state index is 0.139. The number of carboxylic acid groups (broad SMARTS) is 1. The third kappa shape index (κ3) is 2.70. The summed E-state index contributed by atoms with van der Waals surface area (Å²) in [4.78, 5) is 10.7. The van der Waals surface area contributed by atoms with Crippen LogP contribution in [0.1, 0.15) is 35.2 Å². The molecule has 1 aromatic carbocycles. The van der Waals surface area contributed by atoms with Gasteiger partial charge in [-0.05, 0) is 29.7 Å². The summed E-state index contributed by atoms with van der Waals surface area (Å²) in [6.45, 7) is 0. The fraction of sp³-hybridized carbons (Fsp3) is 0.308. The number of benzene rings is 1. The van der Waals surface area contributed by atoms with E-state index in [1.807, 2.05) is 0 Å². The van der Waals surface area contributed by atoms with Crippen LogP contribution in [0, 0.1) is 0 Å². The second kappa shape index (κ2) is 4.28. The first kappa shape index (κ1) is 11.8. The van der Waals surface area contributed by atoms with Crippen LogP contribution in [-0.2, 0) is 0 Å². The zero-order valence-corrected chi connectivity index (χ0v) is 9.12. The molecular formula is C13H12F2O2. The second-order valence-corrected chi connectivity index (χ2v) is 4.17. The number of halogens is 2. The van der Waals surface area contributed by atoms with Gasteiger partial charge in [-0.2, -0.15) is 0 Å². The van der Waals surface area contributed by atoms with Crippen LogP contribution in [0.3, 0.4) is 0 Å². The smallest absolute Gasteiger partial charge is 0.335 e. The van der Waals surface area contributed by atoms with E-state index in [1.54, 1.807) is 18.2 Å². The van der Waals surface area contributed by atoms with Crippen molar-refractivity contribution in [3.05, 3.63) is 41.5 Å². The molecule has 0 aromatic heterocycles. The van der Waals surface area contributed by atoms with Gasteiger partial charge in [0.25, 0.3) is 5.92 Å². The highest BCUT2D eigenvalue weighted by Crippen LogP contribution is 2.36. The van der Waals surface area contributed by atoms with E-state index in [9.17, 15) is 13.6 Å². The number of hydrogen-bond acceptors (Lipinski definition) is 1. The van der Waals surface area contributed by atoms with E-state index in [1.165, 1.54) is 12.1 Å². The minimum atomic E-state index is -2.59. The maximum absolute atomic E-state index is 12.9. The lowest BCUT2D eigenvalue weighted by atomic mass is 9.91. The van der Waals surface area contributed by atoms with Crippen LogP contribution in [0.5, 0.6) is 0 Å². The standard InChI is InChI=1S/C13H12F2O2/c14-13(15)7-5-10(6-8-13)9-1-3-11(4-2-9)12(16)17/h1-5H,6-8H2,(H,16,17). The molecule has 0 saturated carbocycles. The summed E-state index contributed by atoms with van der Waals surface area (Å²) >= 11 is 0. The predicted molar refractivity (Wildman–Crippen MR) is 60.2 cm³/mol. The van der Waals surface area contributed by atoms with Crippen LogP contribution in [0.4, 0.5) is 8.78 Å². The average Bonchev–Trinajstić information content (AvgIpc) is 2.29. The Morgan fingerprint density at radius 1 is 1.24 bits per heavy atom. The van der Waals surface area contributed by atoms with E-state index >= 15 is 0 Å². The molecule has 1 aliphatic rings. The number of allylic oxidation sites excluding steroid dienone is 2. The minimum Gasteiger partial charge on any atom is -0.478 e. The Bertz CT molecular complexity index is 461. The lowest BCUT2D eigenvalue weighted by Crippen LogP contribution is -2.18. The van der Waals surface area contributed by atoms with Gasteiger partial charge in [-0.25, -0.2) is 13.6 Å². The maximum Gasteiger partial charge on any atom is 0.335 e. The third-order valence-corrected chi connectivity index (χ3v) is 2.91. The van der Waals surface area contributed by atoms with Crippen molar-refractivity contribution in [2.24, 2.45) is 0 Å². The number of carboxylic acids is 1. The van der Waals surface area contributed by atoms with Gasteiger partial charge < -0.3 is 5.11 Å². The molecular weight excluding hydrogens is 226 g/mol. The largest absolute Gasteiger partial charge is 0.478 e. The van der Waals surface area contributed by atoms with Gasteiger partial charge in [0.15, 0.2) is 0 Å². The quantitative estimate of drug-likeness (QED) is 0.854. The summed E-state index contributed by atoms with van der Waals surface area (Å²) in [6.07, 6.45) is 1.50. The molecule has 0 spiro atoms. The van der Waals surface area contributed by atoms with Crippen molar-refractivity contribution >= 4 is 11.5 Å². The zero-order chi connectivity index (χ0) is 12.5. The van der Waals surface area contributed by atoms with Crippen LogP contribution in [-0.4, -0.2) is 17.0 Å². The Kier molecular flexibility index (Phi) is 2.96. The van der Waals surface area contributed by atoms with Crippen molar-refractivity contribution in [1.82, 2.24) is 0 Å². The Balaban J connectivity index is 2.19. The Morgan fingerprint density at radius 2 is 1.88 bits per heavy atom. The normalized spacial score (nSPS) is 18.6. The molecule has 1 aromatic rings. The first-order valence-electron chi connectivity index (χ1n) is 5.38. The summed E-state index contributed by atoms with van der Waals surface area (Å²) in [5, 5.41) is 8.74. The molecule has 0 saturated heterocycles. The molecule has 4 heteroatoms. The van der Waals surface area contributed by atoms with Crippen molar-refractivity contribution < 1.29 is 18.7 Å². The van der Waals surface area contributed by atoms with Crippen LogP contribution < -0.4 is 0 Å². The topological polar surface area (TPSA) is 37.3 Å². The number of aromatic carboxylic acids is 1. The van der Waals surface area contributed by atoms with Crippen LogP contribution in [0.15, 0.2) is 30.3 Å². The number of carbonyl (C=O) groups is 1. The summed E-state index contributed by atoms with van der Waals surface area (Å²) < 4.78 is 25.9. The molecule has 0 heterocycles. The first-order valence-corrected chi connectivity index (χ1v) is 5.38. The summed E-state index contributed by atoms with van der Waals surface area (Å²) in [7, 11) is 0. The Hall–Kier alpha value is -1.71. The first-order chi connectivity index (χ1) is 7.98. The molecule has 0 radical (unpaired) electrons. The third-order valence-electron chi connectivity index (χ3n) is 2.91. The molecule has 2 rings (SSSR count). The van der Waals surface area contributed by atoms with Crippen LogP contribution in [0.2, 0.25) is 0 Å². The molecule has 17 heavy (non-hydrogen) atoms. The van der Waals surface area contributed by atoms with Gasteiger partial charge in [-0.3, -0.25) is 0 Å². The monoisotopic (exact) mass is 238 g/mol. The molecule has 0 atom stereocenters. The fourth-order valence-electron chi connectivity index (χ4n) is 1.88. The van der Waals surface area contributed by atoms with E-state index in [2.05, 4.69) is 0 Å². The highest BCUT2D eigenvalue weighted by Gasteiger charge is 2.30. The van der Waals surface area contributed by atoms with Crippen molar-refractivity contribution in [3.63, 3.8) is 0 Å². The molecule has 90 valence electrons. The Labute approximate surface area is 97.6 Å². The van der Waals surface area contributed by atoms with Gasteiger partial charge in [0, 0.05) is 12.8 Å². The fourth-order valence-corrected chi connectivity index (χ4v) is 1.88. The van der Waals surface area contributed by atoms with Crippen molar-refractivity contribution in [3.8, 4) is 0 Å². The SMILES string of the molecule is O=C(O)c1ccc(C2=CCC(F)(F)CC2)cc1. The summed E-state index contributed by atoms with van der Waals surface area (Å²) in [5.74, 6) is -3.58. The molecule has 2 nitrogen and oxygen atoms in total. The van der Waals surface area contributed by atoms with Gasteiger partial charge in [-0.15, -0.1) is 0 Å². The van der Waals surface area contributed by atoms with Gasteiger partial charge in [0.05, 0.1) is 5.56 Å². The number of hydrogen-bond donors (Lipinski definition) is 1. The highest BCUT2D eigenvalue weighted by atomic mass is 19.3. The highest BCUT2D eigenvalue weighted by molar-refractivity contribution is 5.88. The van der Waals surface area contributed by atoms with Crippen LogP contribution >= 0.6 is 0 Å². The predicted octanol–water partition coefficient (Wildman–Crippen LogP) is 3.59. The van der Waals surface area contributed by atoms with E-state index in [0.717, 1.165) is 11.1 Å². The van der Waals surface area contributed by atoms with Gasteiger partial charge >= 0.3 is 5.97 Å².